The molecule has 1 rings (SSSR count). The highest BCUT2D eigenvalue weighted by Crippen LogP contribution is 2.19. The average Bonchev–Trinajstić information content (AvgIpc) is 2.33. The van der Waals surface area contributed by atoms with E-state index in [0.29, 0.717) is 11.8 Å². The lowest BCUT2D eigenvalue weighted by Crippen LogP contribution is -2.40. The van der Waals surface area contributed by atoms with Crippen molar-refractivity contribution in [2.24, 2.45) is 11.8 Å². The fourth-order valence-electron chi connectivity index (χ4n) is 2.20. The Balaban J connectivity index is 2.82. The standard InChI is InChI=1S/C17H28N2O/c1-12(2)10-19(11-13(3)4)17(20)18-16-9-7-8-14(5)15(16)6/h7-9,12-13H,10-11H2,1-6H3,(H,18,20). The number of hydrogen-bond acceptors (Lipinski definition) is 1. The maximum absolute atomic E-state index is 12.5. The summed E-state index contributed by atoms with van der Waals surface area (Å²) in [5, 5.41) is 3.05. The van der Waals surface area contributed by atoms with E-state index in [1.54, 1.807) is 0 Å². The maximum Gasteiger partial charge on any atom is 0.321 e. The van der Waals surface area contributed by atoms with Gasteiger partial charge in [-0.25, -0.2) is 4.79 Å². The topological polar surface area (TPSA) is 32.3 Å². The van der Waals surface area contributed by atoms with Crippen LogP contribution in [0.2, 0.25) is 0 Å². The first-order valence-corrected chi connectivity index (χ1v) is 7.43. The third kappa shape index (κ3) is 4.87. The minimum absolute atomic E-state index is 0.00102. The number of hydrogen-bond donors (Lipinski definition) is 1. The minimum Gasteiger partial charge on any atom is -0.324 e. The van der Waals surface area contributed by atoms with E-state index in [4.69, 9.17) is 0 Å². The van der Waals surface area contributed by atoms with E-state index in [2.05, 4.69) is 46.0 Å². The van der Waals surface area contributed by atoms with Gasteiger partial charge in [0.05, 0.1) is 0 Å². The molecule has 0 saturated heterocycles. The summed E-state index contributed by atoms with van der Waals surface area (Å²) in [6, 6.07) is 6.00. The number of nitrogens with zero attached hydrogens (tertiary/aromatic N) is 1. The molecule has 3 heteroatoms. The zero-order valence-electron chi connectivity index (χ0n) is 13.7. The lowest BCUT2D eigenvalue weighted by atomic mass is 10.1. The van der Waals surface area contributed by atoms with E-state index >= 15 is 0 Å². The highest BCUT2D eigenvalue weighted by molar-refractivity contribution is 5.90. The number of anilines is 1. The van der Waals surface area contributed by atoms with E-state index in [1.807, 2.05) is 24.0 Å². The highest BCUT2D eigenvalue weighted by atomic mass is 16.2. The molecule has 0 unspecified atom stereocenters. The summed E-state index contributed by atoms with van der Waals surface area (Å²) in [5.41, 5.74) is 3.24. The van der Waals surface area contributed by atoms with Crippen LogP contribution in [0, 0.1) is 25.7 Å². The second kappa shape index (κ2) is 7.32. The Morgan fingerprint density at radius 2 is 1.65 bits per heavy atom. The third-order valence-corrected chi connectivity index (χ3v) is 3.30. The molecule has 0 aromatic heterocycles. The van der Waals surface area contributed by atoms with Crippen molar-refractivity contribution in [2.45, 2.75) is 41.5 Å². The van der Waals surface area contributed by atoms with Crippen LogP contribution in [0.3, 0.4) is 0 Å². The van der Waals surface area contributed by atoms with Crippen molar-refractivity contribution in [1.29, 1.82) is 0 Å². The molecular weight excluding hydrogens is 248 g/mol. The Bertz CT molecular complexity index is 442. The summed E-state index contributed by atoms with van der Waals surface area (Å²) in [7, 11) is 0. The summed E-state index contributed by atoms with van der Waals surface area (Å²) in [6.07, 6.45) is 0. The first-order valence-electron chi connectivity index (χ1n) is 7.43. The summed E-state index contributed by atoms with van der Waals surface area (Å²) in [5.74, 6) is 0.941. The monoisotopic (exact) mass is 276 g/mol. The van der Waals surface area contributed by atoms with Crippen molar-refractivity contribution < 1.29 is 4.79 Å². The van der Waals surface area contributed by atoms with Crippen molar-refractivity contribution in [3.63, 3.8) is 0 Å². The Kier molecular flexibility index (Phi) is 6.05. The van der Waals surface area contributed by atoms with Crippen molar-refractivity contribution >= 4 is 11.7 Å². The second-order valence-electron chi connectivity index (χ2n) is 6.37. The summed E-state index contributed by atoms with van der Waals surface area (Å²) < 4.78 is 0. The molecule has 20 heavy (non-hydrogen) atoms. The predicted molar refractivity (Wildman–Crippen MR) is 86.2 cm³/mol. The van der Waals surface area contributed by atoms with Crippen molar-refractivity contribution in [2.75, 3.05) is 18.4 Å². The van der Waals surface area contributed by atoms with Crippen LogP contribution in [0.25, 0.3) is 0 Å². The molecule has 1 aromatic carbocycles. The molecule has 1 aromatic rings. The van der Waals surface area contributed by atoms with Gasteiger partial charge in [0, 0.05) is 18.8 Å². The number of urea groups is 1. The Labute approximate surface area is 123 Å². The third-order valence-electron chi connectivity index (χ3n) is 3.30. The lowest BCUT2D eigenvalue weighted by Gasteiger charge is -2.27. The number of carbonyl (C=O) groups is 1. The fourth-order valence-corrected chi connectivity index (χ4v) is 2.20. The highest BCUT2D eigenvalue weighted by Gasteiger charge is 2.17. The summed E-state index contributed by atoms with van der Waals surface area (Å²) in [6.45, 7) is 14.2. The van der Waals surface area contributed by atoms with Gasteiger partial charge in [-0.05, 0) is 42.9 Å². The maximum atomic E-state index is 12.5. The van der Waals surface area contributed by atoms with Gasteiger partial charge in [-0.3, -0.25) is 0 Å². The van der Waals surface area contributed by atoms with Gasteiger partial charge >= 0.3 is 6.03 Å². The van der Waals surface area contributed by atoms with Gasteiger partial charge in [0.15, 0.2) is 0 Å². The molecule has 0 heterocycles. The molecular formula is C17H28N2O. The molecule has 0 aliphatic carbocycles. The molecule has 112 valence electrons. The van der Waals surface area contributed by atoms with Crippen LogP contribution in [-0.2, 0) is 0 Å². The predicted octanol–water partition coefficient (Wildman–Crippen LogP) is 4.45. The molecule has 0 bridgehead atoms. The molecule has 0 radical (unpaired) electrons. The van der Waals surface area contributed by atoms with Crippen molar-refractivity contribution in [3.8, 4) is 0 Å². The van der Waals surface area contributed by atoms with E-state index in [9.17, 15) is 4.79 Å². The average molecular weight is 276 g/mol. The molecule has 0 atom stereocenters. The van der Waals surface area contributed by atoms with E-state index < -0.39 is 0 Å². The number of nitrogens with one attached hydrogen (secondary N) is 1. The second-order valence-corrected chi connectivity index (χ2v) is 6.37. The van der Waals surface area contributed by atoms with Gasteiger partial charge in [-0.1, -0.05) is 39.8 Å². The normalized spacial score (nSPS) is 11.0. The molecule has 0 aliphatic rings. The molecule has 2 amide bonds. The minimum atomic E-state index is 0.00102. The van der Waals surface area contributed by atoms with Gasteiger partial charge in [-0.15, -0.1) is 0 Å². The zero-order valence-corrected chi connectivity index (χ0v) is 13.7. The van der Waals surface area contributed by atoms with Crippen LogP contribution in [0.5, 0.6) is 0 Å². The van der Waals surface area contributed by atoms with Crippen LogP contribution in [0.15, 0.2) is 18.2 Å². The lowest BCUT2D eigenvalue weighted by molar-refractivity contribution is 0.196. The quantitative estimate of drug-likeness (QED) is 0.846. The van der Waals surface area contributed by atoms with Gasteiger partial charge in [0.25, 0.3) is 0 Å². The van der Waals surface area contributed by atoms with E-state index in [-0.39, 0.29) is 6.03 Å². The van der Waals surface area contributed by atoms with E-state index in [0.717, 1.165) is 24.3 Å². The molecule has 0 aliphatic heterocycles. The SMILES string of the molecule is Cc1cccc(NC(=O)N(CC(C)C)CC(C)C)c1C. The van der Waals surface area contributed by atoms with Crippen LogP contribution in [0.4, 0.5) is 10.5 Å². The number of rotatable bonds is 5. The molecule has 0 spiro atoms. The number of carbonyl (C=O) groups excluding carboxylic acids is 1. The molecule has 0 fully saturated rings. The number of benzene rings is 1. The molecule has 1 N–H and O–H groups in total. The zero-order chi connectivity index (χ0) is 15.3. The largest absolute Gasteiger partial charge is 0.324 e. The van der Waals surface area contributed by atoms with Crippen molar-refractivity contribution in [1.82, 2.24) is 4.90 Å². The first-order chi connectivity index (χ1) is 9.31. The molecule has 0 saturated carbocycles. The Morgan fingerprint density at radius 3 is 2.15 bits per heavy atom. The van der Waals surface area contributed by atoms with Crippen LogP contribution in [-0.4, -0.2) is 24.0 Å². The Morgan fingerprint density at radius 1 is 1.10 bits per heavy atom. The smallest absolute Gasteiger partial charge is 0.321 e. The van der Waals surface area contributed by atoms with Gasteiger partial charge < -0.3 is 10.2 Å². The van der Waals surface area contributed by atoms with Gasteiger partial charge in [-0.2, -0.15) is 0 Å². The number of aryl methyl sites for hydroxylation is 1. The fraction of sp³-hybridized carbons (Fsp3) is 0.588. The first kappa shape index (κ1) is 16.5. The Hall–Kier alpha value is -1.51. The van der Waals surface area contributed by atoms with Gasteiger partial charge in [0.2, 0.25) is 0 Å². The van der Waals surface area contributed by atoms with Crippen LogP contribution < -0.4 is 5.32 Å². The van der Waals surface area contributed by atoms with Crippen LogP contribution in [0.1, 0.15) is 38.8 Å². The van der Waals surface area contributed by atoms with Gasteiger partial charge in [0.1, 0.15) is 0 Å². The van der Waals surface area contributed by atoms with E-state index in [1.165, 1.54) is 5.56 Å². The summed E-state index contributed by atoms with van der Waals surface area (Å²) >= 11 is 0. The number of amides is 2. The van der Waals surface area contributed by atoms with Crippen molar-refractivity contribution in [3.05, 3.63) is 29.3 Å². The summed E-state index contributed by atoms with van der Waals surface area (Å²) in [4.78, 5) is 14.4. The molecule has 3 nitrogen and oxygen atoms in total. The van der Waals surface area contributed by atoms with Crippen LogP contribution >= 0.6 is 0 Å².